The zero-order valence-electron chi connectivity index (χ0n) is 14.3. The zero-order valence-corrected chi connectivity index (χ0v) is 14.3. The van der Waals surface area contributed by atoms with Gasteiger partial charge < -0.3 is 15.2 Å². The summed E-state index contributed by atoms with van der Waals surface area (Å²) < 4.78 is 6.62. The van der Waals surface area contributed by atoms with E-state index in [0.29, 0.717) is 34.9 Å². The van der Waals surface area contributed by atoms with E-state index in [4.69, 9.17) is 9.84 Å². The lowest BCUT2D eigenvalue weighted by Crippen LogP contribution is -2.04. The first-order valence-corrected chi connectivity index (χ1v) is 8.21. The molecule has 0 radical (unpaired) electrons. The molecular weight excluding hydrogens is 350 g/mol. The number of hydrogen-bond acceptors (Lipinski definition) is 6. The molecule has 0 saturated carbocycles. The van der Waals surface area contributed by atoms with Crippen molar-refractivity contribution >= 4 is 40.4 Å². The summed E-state index contributed by atoms with van der Waals surface area (Å²) in [4.78, 5) is 31.4. The van der Waals surface area contributed by atoms with Crippen LogP contribution in [0.1, 0.15) is 27.6 Å². The monoisotopic (exact) mass is 365 g/mol. The van der Waals surface area contributed by atoms with Crippen molar-refractivity contribution in [1.29, 1.82) is 0 Å². The smallest absolute Gasteiger partial charge is 0.338 e. The van der Waals surface area contributed by atoms with Crippen molar-refractivity contribution in [3.05, 3.63) is 53.6 Å². The highest BCUT2D eigenvalue weighted by Crippen LogP contribution is 2.20. The van der Waals surface area contributed by atoms with E-state index in [9.17, 15) is 9.59 Å². The molecule has 0 amide bonds. The number of fused-ring (bicyclic) bond motifs is 3. The van der Waals surface area contributed by atoms with Gasteiger partial charge in [0.15, 0.2) is 0 Å². The number of anilines is 2. The number of carbonyl (C=O) groups excluding carboxylic acids is 1. The Balaban J connectivity index is 1.59. The van der Waals surface area contributed by atoms with Crippen LogP contribution in [0.4, 0.5) is 11.6 Å². The minimum atomic E-state index is -1.00. The highest BCUT2D eigenvalue weighted by atomic mass is 16.5. The molecule has 4 aromatic rings. The van der Waals surface area contributed by atoms with Gasteiger partial charge >= 0.3 is 11.9 Å². The lowest BCUT2D eigenvalue weighted by atomic mass is 10.2. The van der Waals surface area contributed by atoms with E-state index in [-0.39, 0.29) is 11.5 Å². The van der Waals surface area contributed by atoms with Gasteiger partial charge in [-0.25, -0.2) is 19.1 Å². The first-order valence-electron chi connectivity index (χ1n) is 8.21. The van der Waals surface area contributed by atoms with E-state index in [1.807, 2.05) is 0 Å². The number of hydrogen-bond donors (Lipinski definition) is 3. The molecule has 4 rings (SSSR count). The van der Waals surface area contributed by atoms with Crippen LogP contribution in [-0.2, 0) is 4.74 Å². The van der Waals surface area contributed by atoms with Crippen LogP contribution in [-0.4, -0.2) is 43.2 Å². The van der Waals surface area contributed by atoms with Crippen LogP contribution in [0.5, 0.6) is 0 Å². The number of ether oxygens (including phenoxy) is 1. The molecule has 27 heavy (non-hydrogen) atoms. The van der Waals surface area contributed by atoms with E-state index < -0.39 is 5.97 Å². The van der Waals surface area contributed by atoms with Gasteiger partial charge in [-0.3, -0.25) is 5.10 Å². The Labute approximate surface area is 152 Å². The van der Waals surface area contributed by atoms with Crippen LogP contribution in [0.25, 0.3) is 16.8 Å². The standard InChI is InChI=1S/C18H15N5O4/c1-2-27-16(26)10-3-6-12(7-4-10)19-17-21-18-20-13-9-11(15(24)25)5-8-14(13)23(18)22-17/h3-9H,2H2,1H3,(H,24,25)(H2,19,20,21,22). The predicted octanol–water partition coefficient (Wildman–Crippen LogP) is 2.83. The first kappa shape index (κ1) is 16.6. The number of nitrogens with zero attached hydrogens (tertiary/aromatic N) is 3. The Morgan fingerprint density at radius 3 is 2.59 bits per heavy atom. The summed E-state index contributed by atoms with van der Waals surface area (Å²) in [5.41, 5.74) is 2.63. The topological polar surface area (TPSA) is 122 Å². The van der Waals surface area contributed by atoms with E-state index in [0.717, 1.165) is 5.69 Å². The first-order chi connectivity index (χ1) is 13.0. The van der Waals surface area contributed by atoms with Crippen LogP contribution in [0, 0.1) is 0 Å². The van der Waals surface area contributed by atoms with Crippen molar-refractivity contribution in [2.24, 2.45) is 0 Å². The fourth-order valence-electron chi connectivity index (χ4n) is 2.71. The molecule has 0 spiro atoms. The van der Waals surface area contributed by atoms with Crippen molar-refractivity contribution < 1.29 is 19.4 Å². The van der Waals surface area contributed by atoms with Gasteiger partial charge in [0, 0.05) is 5.69 Å². The molecule has 136 valence electrons. The van der Waals surface area contributed by atoms with Crippen molar-refractivity contribution in [2.75, 3.05) is 11.9 Å². The summed E-state index contributed by atoms with van der Waals surface area (Å²) in [6, 6.07) is 11.5. The highest BCUT2D eigenvalue weighted by molar-refractivity contribution is 5.93. The maximum atomic E-state index is 11.7. The molecule has 2 heterocycles. The molecule has 0 aliphatic carbocycles. The van der Waals surface area contributed by atoms with Crippen LogP contribution in [0.2, 0.25) is 0 Å². The molecule has 9 heteroatoms. The molecule has 0 bridgehead atoms. The molecular formula is C18H15N5O4. The molecule has 2 aromatic carbocycles. The average Bonchev–Trinajstić information content (AvgIpc) is 3.19. The molecule has 0 aliphatic heterocycles. The minimum absolute atomic E-state index is 0.170. The number of esters is 1. The Morgan fingerprint density at radius 1 is 1.15 bits per heavy atom. The van der Waals surface area contributed by atoms with Gasteiger partial charge in [0.05, 0.1) is 28.8 Å². The van der Waals surface area contributed by atoms with Crippen LogP contribution < -0.4 is 5.32 Å². The lowest BCUT2D eigenvalue weighted by molar-refractivity contribution is 0.0526. The lowest BCUT2D eigenvalue weighted by Gasteiger charge is -2.04. The van der Waals surface area contributed by atoms with Crippen molar-refractivity contribution in [2.45, 2.75) is 6.92 Å². The molecule has 0 atom stereocenters. The molecule has 9 nitrogen and oxygen atoms in total. The maximum Gasteiger partial charge on any atom is 0.338 e. The maximum absolute atomic E-state index is 11.7. The Hall–Kier alpha value is -3.88. The van der Waals surface area contributed by atoms with Gasteiger partial charge in [0.25, 0.3) is 5.78 Å². The number of benzene rings is 2. The third-order valence-electron chi connectivity index (χ3n) is 3.97. The quantitative estimate of drug-likeness (QED) is 0.465. The van der Waals surface area contributed by atoms with Crippen molar-refractivity contribution in [3.63, 3.8) is 0 Å². The van der Waals surface area contributed by atoms with Gasteiger partial charge in [-0.2, -0.15) is 4.98 Å². The second kappa shape index (κ2) is 6.45. The number of aromatic nitrogens is 4. The predicted molar refractivity (Wildman–Crippen MR) is 97.5 cm³/mol. The number of aromatic amines is 1. The number of H-pyrrole nitrogens is 1. The molecule has 0 aliphatic rings. The number of nitrogens with one attached hydrogen (secondary N) is 2. The zero-order chi connectivity index (χ0) is 19.0. The third-order valence-corrected chi connectivity index (χ3v) is 3.97. The van der Waals surface area contributed by atoms with Crippen LogP contribution in [0.3, 0.4) is 0 Å². The van der Waals surface area contributed by atoms with Crippen molar-refractivity contribution in [3.8, 4) is 0 Å². The third kappa shape index (κ3) is 3.06. The van der Waals surface area contributed by atoms with E-state index in [1.54, 1.807) is 41.8 Å². The summed E-state index contributed by atoms with van der Waals surface area (Å²) in [6.07, 6.45) is 0. The number of carbonyl (C=O) groups is 2. The summed E-state index contributed by atoms with van der Waals surface area (Å²) in [5.74, 6) is -0.494. The molecule has 0 unspecified atom stereocenters. The van der Waals surface area contributed by atoms with Gasteiger partial charge in [0.1, 0.15) is 0 Å². The summed E-state index contributed by atoms with van der Waals surface area (Å²) in [7, 11) is 0. The SMILES string of the molecule is CCOC(=O)c1ccc(Nc2nc3nc4cc(C(=O)O)ccc4n3[nH]2)cc1. The van der Waals surface area contributed by atoms with Crippen molar-refractivity contribution in [1.82, 2.24) is 19.6 Å². The number of carboxylic acid groups (broad SMARTS) is 1. The summed E-state index contributed by atoms with van der Waals surface area (Å²) >= 11 is 0. The Kier molecular flexibility index (Phi) is 3.96. The van der Waals surface area contributed by atoms with Crippen LogP contribution >= 0.6 is 0 Å². The second-order valence-electron chi connectivity index (χ2n) is 5.75. The Bertz CT molecular complexity index is 1160. The summed E-state index contributed by atoms with van der Waals surface area (Å²) in [6.45, 7) is 2.08. The molecule has 0 fully saturated rings. The fraction of sp³-hybridized carbons (Fsp3) is 0.111. The van der Waals surface area contributed by atoms with Gasteiger partial charge in [-0.1, -0.05) is 0 Å². The van der Waals surface area contributed by atoms with Gasteiger partial charge in [-0.05, 0) is 49.4 Å². The number of imidazole rings is 1. The highest BCUT2D eigenvalue weighted by Gasteiger charge is 2.12. The summed E-state index contributed by atoms with van der Waals surface area (Å²) in [5, 5.41) is 15.2. The van der Waals surface area contributed by atoms with E-state index in [1.165, 1.54) is 12.1 Å². The Morgan fingerprint density at radius 2 is 1.89 bits per heavy atom. The fourth-order valence-corrected chi connectivity index (χ4v) is 2.71. The van der Waals surface area contributed by atoms with Crippen LogP contribution in [0.15, 0.2) is 42.5 Å². The number of rotatable bonds is 5. The normalized spacial score (nSPS) is 11.0. The number of carboxylic acids is 1. The van der Waals surface area contributed by atoms with Gasteiger partial charge in [0.2, 0.25) is 5.95 Å². The van der Waals surface area contributed by atoms with E-state index in [2.05, 4.69) is 20.4 Å². The van der Waals surface area contributed by atoms with E-state index >= 15 is 0 Å². The second-order valence-corrected chi connectivity index (χ2v) is 5.75. The largest absolute Gasteiger partial charge is 0.478 e. The molecule has 0 saturated heterocycles. The molecule has 3 N–H and O–H groups in total. The molecule has 2 aromatic heterocycles. The number of aromatic carboxylic acids is 1. The van der Waals surface area contributed by atoms with Gasteiger partial charge in [-0.15, -0.1) is 0 Å². The average molecular weight is 365 g/mol. The minimum Gasteiger partial charge on any atom is -0.478 e.